The minimum atomic E-state index is 0.0877. The molecule has 4 aliphatic rings. The first-order valence-corrected chi connectivity index (χ1v) is 23.3. The van der Waals surface area contributed by atoms with Crippen LogP contribution in [-0.4, -0.2) is 18.5 Å². The zero-order chi connectivity index (χ0) is 43.7. The summed E-state index contributed by atoms with van der Waals surface area (Å²) in [6, 6.07) is 59.9. The van der Waals surface area contributed by atoms with Gasteiger partial charge in [0.05, 0.1) is 0 Å². The number of rotatable bonds is 6. The minimum absolute atomic E-state index is 0.0877. The molecule has 64 heavy (non-hydrogen) atoms. The molecule has 0 amide bonds. The van der Waals surface area contributed by atoms with Crippen molar-refractivity contribution in [2.24, 2.45) is 0 Å². The number of nitrogens with zero attached hydrogens (tertiary/aromatic N) is 4. The first kappa shape index (κ1) is 40.2. The molecule has 0 unspecified atom stereocenters. The van der Waals surface area contributed by atoms with Crippen LogP contribution in [0.4, 0.5) is 0 Å². The Morgan fingerprint density at radius 2 is 1.36 bits per heavy atom. The van der Waals surface area contributed by atoms with Crippen molar-refractivity contribution in [2.45, 2.75) is 65.7 Å². The number of benzene rings is 6. The number of pyridine rings is 2. The van der Waals surface area contributed by atoms with E-state index < -0.39 is 0 Å². The van der Waals surface area contributed by atoms with Gasteiger partial charge in [-0.05, 0) is 47.1 Å². The van der Waals surface area contributed by atoms with Crippen LogP contribution in [0.1, 0.15) is 60.0 Å². The van der Waals surface area contributed by atoms with Crippen molar-refractivity contribution in [2.75, 3.05) is 0 Å². The van der Waals surface area contributed by atoms with Gasteiger partial charge in [0.25, 0.3) is 0 Å². The fraction of sp³-hybridized carbons (Fsp3) is 0.172. The molecule has 4 aromatic heterocycles. The van der Waals surface area contributed by atoms with E-state index in [1.807, 2.05) is 18.2 Å². The van der Waals surface area contributed by atoms with E-state index in [1.54, 1.807) is 0 Å². The van der Waals surface area contributed by atoms with Crippen LogP contribution >= 0.6 is 0 Å². The zero-order valence-electron chi connectivity index (χ0n) is 36.8. The third kappa shape index (κ3) is 7.26. The Morgan fingerprint density at radius 1 is 0.625 bits per heavy atom. The van der Waals surface area contributed by atoms with Crippen molar-refractivity contribution in [3.8, 4) is 45.3 Å². The number of imidazole rings is 1. The van der Waals surface area contributed by atoms with Crippen molar-refractivity contribution in [3.05, 3.63) is 207 Å². The molecule has 6 heterocycles. The Balaban J connectivity index is 0.991. The predicted molar refractivity (Wildman–Crippen MR) is 257 cm³/mol. The molecule has 6 aromatic carbocycles. The van der Waals surface area contributed by atoms with E-state index in [2.05, 4.69) is 213 Å². The zero-order valence-corrected chi connectivity index (χ0v) is 39.0. The molecule has 0 fully saturated rings. The molecule has 4 bridgehead atoms. The van der Waals surface area contributed by atoms with Gasteiger partial charge in [-0.3, -0.25) is 0 Å². The van der Waals surface area contributed by atoms with Gasteiger partial charge in [-0.2, -0.15) is 0 Å². The van der Waals surface area contributed by atoms with Gasteiger partial charge in [0.1, 0.15) is 0 Å². The normalized spacial score (nSPS) is 12.9. The Kier molecular flexibility index (Phi) is 10.0. The average molecular weight is 1010 g/mol. The van der Waals surface area contributed by atoms with Crippen molar-refractivity contribution in [3.63, 3.8) is 0 Å². The fourth-order valence-corrected chi connectivity index (χ4v) is 10.6. The van der Waals surface area contributed by atoms with Crippen LogP contribution in [0.15, 0.2) is 152 Å². The van der Waals surface area contributed by atoms with E-state index in [0.717, 1.165) is 74.1 Å². The van der Waals surface area contributed by atoms with Crippen LogP contribution in [0.3, 0.4) is 0 Å². The summed E-state index contributed by atoms with van der Waals surface area (Å²) in [5.74, 6) is 2.09. The van der Waals surface area contributed by atoms with E-state index in [9.17, 15) is 0 Å². The summed E-state index contributed by atoms with van der Waals surface area (Å²) >= 11 is 2.48. The Bertz CT molecular complexity index is 3450. The minimum Gasteiger partial charge on any atom is -0.0579 e. The van der Waals surface area contributed by atoms with Gasteiger partial charge in [-0.25, -0.2) is 0 Å². The third-order valence-electron chi connectivity index (χ3n) is 13.0. The van der Waals surface area contributed by atoms with Gasteiger partial charge in [-0.15, -0.1) is 0 Å². The van der Waals surface area contributed by atoms with Gasteiger partial charge >= 0.3 is 248 Å². The van der Waals surface area contributed by atoms with E-state index in [-0.39, 0.29) is 5.41 Å². The molecule has 14 rings (SSSR count). The number of aryl methyl sites for hydroxylation is 6. The second-order valence-corrected chi connectivity index (χ2v) is 19.2. The van der Waals surface area contributed by atoms with Crippen molar-refractivity contribution in [1.29, 1.82) is 0 Å². The van der Waals surface area contributed by atoms with Crippen LogP contribution in [0.5, 0.6) is 11.5 Å². The summed E-state index contributed by atoms with van der Waals surface area (Å²) in [4.78, 5) is 5.33. The molecule has 0 saturated carbocycles. The Hall–Kier alpha value is -6.55. The second-order valence-electron chi connectivity index (χ2n) is 18.2. The number of hydrogen-bond donors (Lipinski definition) is 0. The van der Waals surface area contributed by atoms with E-state index in [1.165, 1.54) is 55.7 Å². The van der Waals surface area contributed by atoms with Crippen LogP contribution in [0.25, 0.3) is 61.1 Å². The SMILES string of the molecule is Cc1cc(-n2c3[c-]c(Oc4[c-]c(-n5cc6c7ccc(n6[c]5=[Pt])CCc5ccc(cc5)CC7)ccc4)ccc3c3cc(-c4ccccc4)ccc32)nc(C)c1-c1ccc(C(C)(C)C)cc1. The summed E-state index contributed by atoms with van der Waals surface area (Å²) in [5.41, 5.74) is 17.8. The van der Waals surface area contributed by atoms with E-state index in [4.69, 9.17) is 9.72 Å². The first-order chi connectivity index (χ1) is 31.1. The molecule has 318 valence electrons. The maximum atomic E-state index is 6.70. The topological polar surface area (TPSA) is 36.4 Å². The smallest absolute Gasteiger partial charge is 0.0579 e. The molecule has 10 aromatic rings. The predicted octanol–water partition coefficient (Wildman–Crippen LogP) is 13.8. The summed E-state index contributed by atoms with van der Waals surface area (Å²) in [6.07, 6.45) is 6.21. The number of fused-ring (bicyclic) bond motifs is 3. The Morgan fingerprint density at radius 3 is 2.11 bits per heavy atom. The second kappa shape index (κ2) is 15.9. The standard InChI is InChI=1S/C58H48N4O.Pt/c1-38-32-56(59-39(2)57(38)44-21-25-46(26-22-44)58(3,4)5)62-53-31-24-45(42-10-7-6-8-11-42)33-52(53)51-30-29-50(35-54(51)62)63-49-13-9-12-48(34-49)60-36-55-43-20-18-40-14-16-41(17-15-40)19-27-47(28-23-43)61(55)37-60;/h6-17,21-26,28-33,36H,18-20,27H2,1-5H3;/q-2;. The summed E-state index contributed by atoms with van der Waals surface area (Å²) in [5, 5.41) is 2.22. The van der Waals surface area contributed by atoms with Crippen LogP contribution in [0, 0.1) is 29.8 Å². The molecule has 2 aliphatic carbocycles. The number of aromatic nitrogens is 4. The van der Waals surface area contributed by atoms with Crippen LogP contribution in [0.2, 0.25) is 0 Å². The van der Waals surface area contributed by atoms with Gasteiger partial charge in [0.2, 0.25) is 0 Å². The first-order valence-electron chi connectivity index (χ1n) is 22.2. The average Bonchev–Trinajstić information content (AvgIpc) is 3.81. The van der Waals surface area contributed by atoms with E-state index >= 15 is 0 Å². The number of ether oxygens (including phenoxy) is 1. The van der Waals surface area contributed by atoms with Crippen LogP contribution in [-0.2, 0) is 50.5 Å². The maximum absolute atomic E-state index is 6.70. The molecule has 0 saturated heterocycles. The van der Waals surface area contributed by atoms with Crippen molar-refractivity contribution < 1.29 is 24.1 Å². The van der Waals surface area contributed by atoms with Crippen molar-refractivity contribution >= 4 is 27.3 Å². The molecule has 0 N–H and O–H groups in total. The molecule has 2 aliphatic heterocycles. The third-order valence-corrected chi connectivity index (χ3v) is 14.0. The number of hydrogen-bond acceptors (Lipinski definition) is 2. The van der Waals surface area contributed by atoms with Crippen LogP contribution < -0.4 is 4.74 Å². The van der Waals surface area contributed by atoms with Gasteiger partial charge in [-0.1, -0.05) is 81.4 Å². The molecule has 0 radical (unpaired) electrons. The summed E-state index contributed by atoms with van der Waals surface area (Å²) < 4.78 is 14.7. The van der Waals surface area contributed by atoms with E-state index in [0.29, 0.717) is 11.5 Å². The van der Waals surface area contributed by atoms with Gasteiger partial charge < -0.3 is 0 Å². The Labute approximate surface area is 385 Å². The monoisotopic (exact) mass is 1010 g/mol. The fourth-order valence-electron chi connectivity index (χ4n) is 9.55. The summed E-state index contributed by atoms with van der Waals surface area (Å²) in [6.45, 7) is 11.1. The molecule has 6 heteroatoms. The molecule has 5 nitrogen and oxygen atoms in total. The van der Waals surface area contributed by atoms with Gasteiger partial charge in [0.15, 0.2) is 0 Å². The van der Waals surface area contributed by atoms with Crippen molar-refractivity contribution in [1.82, 2.24) is 18.5 Å². The molecular formula is C58H48N4OPt-2. The molecule has 0 spiro atoms. The quantitative estimate of drug-likeness (QED) is 0.156. The molecular weight excluding hydrogens is 964 g/mol. The molecule has 0 atom stereocenters. The summed E-state index contributed by atoms with van der Waals surface area (Å²) in [7, 11) is 0. The van der Waals surface area contributed by atoms with Gasteiger partial charge in [0, 0.05) is 11.3 Å².